The average Bonchev–Trinajstić information content (AvgIpc) is 3.38. The molecule has 4 heterocycles. The molecular weight excluding hydrogens is 495 g/mol. The largest absolute Gasteiger partial charge is 0.313 e. The van der Waals surface area contributed by atoms with Crippen LogP contribution in [0.2, 0.25) is 0 Å². The van der Waals surface area contributed by atoms with Crippen LogP contribution in [0.15, 0.2) is 73.1 Å². The van der Waals surface area contributed by atoms with Gasteiger partial charge < -0.3 is 4.90 Å². The zero-order valence-corrected chi connectivity index (χ0v) is 21.4. The molecule has 2 aromatic carbocycles. The predicted molar refractivity (Wildman–Crippen MR) is 141 cm³/mol. The van der Waals surface area contributed by atoms with Crippen LogP contribution >= 0.6 is 24.0 Å². The lowest BCUT2D eigenvalue weighted by molar-refractivity contribution is -0.139. The van der Waals surface area contributed by atoms with E-state index in [1.54, 1.807) is 35.3 Å². The summed E-state index contributed by atoms with van der Waals surface area (Å²) in [6.07, 6.45) is 3.38. The SMILES string of the molecule is CN1C(=O)[C@@]2(c3cc(F)ccc31)N(C)CC(c1ccncc1)[C@@]21SC(=S)N(Cc2ccccc2)C1=O. The molecule has 182 valence electrons. The van der Waals surface area contributed by atoms with Crippen LogP contribution in [-0.4, -0.2) is 56.3 Å². The van der Waals surface area contributed by atoms with Crippen molar-refractivity contribution < 1.29 is 14.0 Å². The molecule has 2 fully saturated rings. The van der Waals surface area contributed by atoms with Crippen LogP contribution in [0.3, 0.4) is 0 Å². The van der Waals surface area contributed by atoms with E-state index in [4.69, 9.17) is 12.2 Å². The van der Waals surface area contributed by atoms with Gasteiger partial charge in [-0.25, -0.2) is 4.39 Å². The van der Waals surface area contributed by atoms with Gasteiger partial charge in [-0.2, -0.15) is 0 Å². The van der Waals surface area contributed by atoms with Crippen molar-refractivity contribution in [1.29, 1.82) is 0 Å². The molecule has 3 aromatic rings. The lowest BCUT2D eigenvalue weighted by atomic mass is 9.72. The van der Waals surface area contributed by atoms with Gasteiger partial charge in [0.05, 0.1) is 6.54 Å². The summed E-state index contributed by atoms with van der Waals surface area (Å²) in [5, 5.41) is 0. The first-order valence-electron chi connectivity index (χ1n) is 11.6. The molecule has 0 aliphatic carbocycles. The normalized spacial score (nSPS) is 27.6. The molecule has 2 spiro atoms. The molecular formula is C27H23FN4O2S2. The highest BCUT2D eigenvalue weighted by Crippen LogP contribution is 2.66. The smallest absolute Gasteiger partial charge is 0.254 e. The lowest BCUT2D eigenvalue weighted by Gasteiger charge is -2.42. The molecule has 3 aliphatic rings. The van der Waals surface area contributed by atoms with Gasteiger partial charge >= 0.3 is 0 Å². The number of rotatable bonds is 3. The van der Waals surface area contributed by atoms with Crippen LogP contribution < -0.4 is 4.90 Å². The van der Waals surface area contributed by atoms with Crippen molar-refractivity contribution in [3.8, 4) is 0 Å². The zero-order chi connectivity index (χ0) is 25.2. The van der Waals surface area contributed by atoms with E-state index < -0.39 is 16.1 Å². The maximum absolute atomic E-state index is 14.7. The topological polar surface area (TPSA) is 56.8 Å². The Balaban J connectivity index is 1.60. The molecule has 0 saturated carbocycles. The van der Waals surface area contributed by atoms with Gasteiger partial charge in [-0.05, 0) is 48.5 Å². The third-order valence-corrected chi connectivity index (χ3v) is 9.65. The number of fused-ring (bicyclic) bond motifs is 3. The standard InChI is InChI=1S/C27H23FN4O2S2/c1-30-16-21(18-10-12-29-13-11-18)27(24(34)32(25(35)36-27)15-17-6-4-3-5-7-17)26(30)20-14-19(28)8-9-22(20)31(2)23(26)33/h3-14,21H,15-16H2,1-2H3/t21?,26-,27+/m1/s1. The molecule has 6 nitrogen and oxygen atoms in total. The second-order valence-corrected chi connectivity index (χ2v) is 11.3. The Labute approximate surface area is 218 Å². The highest BCUT2D eigenvalue weighted by atomic mass is 32.2. The first-order valence-corrected chi connectivity index (χ1v) is 12.8. The molecule has 6 rings (SSSR count). The number of pyridine rings is 1. The monoisotopic (exact) mass is 518 g/mol. The van der Waals surface area contributed by atoms with Crippen LogP contribution in [0.5, 0.6) is 0 Å². The van der Waals surface area contributed by atoms with E-state index in [1.165, 1.54) is 23.9 Å². The predicted octanol–water partition coefficient (Wildman–Crippen LogP) is 3.92. The van der Waals surface area contributed by atoms with Crippen molar-refractivity contribution in [3.05, 3.63) is 95.6 Å². The highest BCUT2D eigenvalue weighted by molar-refractivity contribution is 8.25. The van der Waals surface area contributed by atoms with Gasteiger partial charge in [0.15, 0.2) is 5.54 Å². The Kier molecular flexibility index (Phi) is 5.30. The van der Waals surface area contributed by atoms with Crippen molar-refractivity contribution in [2.24, 2.45) is 0 Å². The second-order valence-electron chi connectivity index (χ2n) is 9.43. The molecule has 0 bridgehead atoms. The Morgan fingerprint density at radius 1 is 1.06 bits per heavy atom. The number of likely N-dealkylation sites (tertiary alicyclic amines) is 1. The summed E-state index contributed by atoms with van der Waals surface area (Å²) in [4.78, 5) is 38.2. The van der Waals surface area contributed by atoms with Crippen molar-refractivity contribution in [2.45, 2.75) is 22.7 Å². The minimum atomic E-state index is -1.43. The van der Waals surface area contributed by atoms with Gasteiger partial charge in [0, 0.05) is 43.2 Å². The number of likely N-dealkylation sites (N-methyl/N-ethyl adjacent to an activating group) is 2. The van der Waals surface area contributed by atoms with Gasteiger partial charge in [0.2, 0.25) is 5.91 Å². The van der Waals surface area contributed by atoms with E-state index in [0.717, 1.165) is 11.1 Å². The summed E-state index contributed by atoms with van der Waals surface area (Å²) < 4.78 is 13.8. The molecule has 1 aromatic heterocycles. The number of benzene rings is 2. The molecule has 0 N–H and O–H groups in total. The average molecular weight is 519 g/mol. The quantitative estimate of drug-likeness (QED) is 0.490. The van der Waals surface area contributed by atoms with E-state index in [2.05, 4.69) is 4.98 Å². The number of aromatic nitrogens is 1. The maximum Gasteiger partial charge on any atom is 0.254 e. The van der Waals surface area contributed by atoms with Crippen LogP contribution in [0.25, 0.3) is 0 Å². The van der Waals surface area contributed by atoms with Crippen molar-refractivity contribution in [1.82, 2.24) is 14.8 Å². The van der Waals surface area contributed by atoms with E-state index in [0.29, 0.717) is 28.7 Å². The Bertz CT molecular complexity index is 1410. The number of carbonyl (C=O) groups excluding carboxylic acids is 2. The molecule has 3 atom stereocenters. The third kappa shape index (κ3) is 2.87. The van der Waals surface area contributed by atoms with Gasteiger partial charge in [0.1, 0.15) is 14.9 Å². The Hall–Kier alpha value is -3.14. The molecule has 0 radical (unpaired) electrons. The van der Waals surface area contributed by atoms with Crippen LogP contribution in [-0.2, 0) is 21.7 Å². The van der Waals surface area contributed by atoms with Crippen molar-refractivity contribution in [2.75, 3.05) is 25.5 Å². The maximum atomic E-state index is 14.7. The number of thioether (sulfide) groups is 1. The van der Waals surface area contributed by atoms with E-state index in [1.807, 2.05) is 54.4 Å². The van der Waals surface area contributed by atoms with Gasteiger partial charge in [-0.1, -0.05) is 54.3 Å². The number of halogens is 1. The van der Waals surface area contributed by atoms with Crippen LogP contribution in [0.4, 0.5) is 10.1 Å². The molecule has 2 amide bonds. The fraction of sp³-hybridized carbons (Fsp3) is 0.259. The zero-order valence-electron chi connectivity index (χ0n) is 19.7. The van der Waals surface area contributed by atoms with Crippen molar-refractivity contribution in [3.63, 3.8) is 0 Å². The van der Waals surface area contributed by atoms with E-state index >= 15 is 0 Å². The second kappa shape index (κ2) is 8.19. The molecule has 1 unspecified atom stereocenters. The highest BCUT2D eigenvalue weighted by Gasteiger charge is 2.78. The number of carbonyl (C=O) groups is 2. The summed E-state index contributed by atoms with van der Waals surface area (Å²) in [7, 11) is 3.52. The summed E-state index contributed by atoms with van der Waals surface area (Å²) in [5.74, 6) is -1.32. The summed E-state index contributed by atoms with van der Waals surface area (Å²) in [6, 6.07) is 17.8. The fourth-order valence-corrected chi connectivity index (χ4v) is 8.29. The minimum Gasteiger partial charge on any atom is -0.313 e. The number of amides is 2. The lowest BCUT2D eigenvalue weighted by Crippen LogP contribution is -2.62. The number of hydrogen-bond donors (Lipinski definition) is 0. The minimum absolute atomic E-state index is 0.230. The summed E-state index contributed by atoms with van der Waals surface area (Å²) in [6.45, 7) is 0.718. The van der Waals surface area contributed by atoms with Crippen LogP contribution in [0, 0.1) is 5.82 Å². The fourth-order valence-electron chi connectivity index (χ4n) is 6.17. The van der Waals surface area contributed by atoms with Gasteiger partial charge in [0.25, 0.3) is 5.91 Å². The Morgan fingerprint density at radius 3 is 2.50 bits per heavy atom. The van der Waals surface area contributed by atoms with E-state index in [-0.39, 0.29) is 17.7 Å². The number of anilines is 1. The first-order chi connectivity index (χ1) is 17.3. The number of nitrogens with zero attached hydrogens (tertiary/aromatic N) is 4. The number of hydrogen-bond acceptors (Lipinski definition) is 6. The molecule has 9 heteroatoms. The van der Waals surface area contributed by atoms with Gasteiger partial charge in [-0.15, -0.1) is 0 Å². The summed E-state index contributed by atoms with van der Waals surface area (Å²) >= 11 is 7.08. The Morgan fingerprint density at radius 2 is 1.78 bits per heavy atom. The summed E-state index contributed by atoms with van der Waals surface area (Å²) in [5.41, 5.74) is 1.50. The molecule has 3 aliphatic heterocycles. The number of thiocarbonyl (C=S) groups is 1. The third-order valence-electron chi connectivity index (χ3n) is 7.70. The van der Waals surface area contributed by atoms with Crippen molar-refractivity contribution >= 4 is 45.8 Å². The van der Waals surface area contributed by atoms with Gasteiger partial charge in [-0.3, -0.25) is 24.4 Å². The van der Waals surface area contributed by atoms with Crippen LogP contribution in [0.1, 0.15) is 22.6 Å². The molecule has 2 saturated heterocycles. The molecule has 36 heavy (non-hydrogen) atoms. The van der Waals surface area contributed by atoms with E-state index in [9.17, 15) is 14.0 Å². The first kappa shape index (κ1) is 23.3.